The van der Waals surface area contributed by atoms with Crippen LogP contribution < -0.4 is 0 Å². The predicted molar refractivity (Wildman–Crippen MR) is 50.6 cm³/mol. The van der Waals surface area contributed by atoms with Crippen LogP contribution in [0.4, 0.5) is 0 Å². The maximum Gasteiger partial charge on any atom is 0.0623 e. The molecule has 2 bridgehead atoms. The molecule has 2 aliphatic rings. The Morgan fingerprint density at radius 3 is 2.23 bits per heavy atom. The van der Waals surface area contributed by atoms with Crippen molar-refractivity contribution in [3.63, 3.8) is 0 Å². The fourth-order valence-electron chi connectivity index (χ4n) is 2.76. The molecule has 2 rings (SSSR count). The van der Waals surface area contributed by atoms with Crippen LogP contribution in [-0.4, -0.2) is 47.4 Å². The fourth-order valence-corrected chi connectivity index (χ4v) is 2.76. The third-order valence-corrected chi connectivity index (χ3v) is 3.15. The van der Waals surface area contributed by atoms with E-state index in [0.717, 1.165) is 26.1 Å². The van der Waals surface area contributed by atoms with Gasteiger partial charge in [-0.25, -0.2) is 0 Å². The van der Waals surface area contributed by atoms with Gasteiger partial charge in [0.25, 0.3) is 0 Å². The van der Waals surface area contributed by atoms with Crippen LogP contribution in [0.3, 0.4) is 0 Å². The minimum Gasteiger partial charge on any atom is -0.393 e. The quantitative estimate of drug-likeness (QED) is 0.650. The van der Waals surface area contributed by atoms with Gasteiger partial charge in [0.1, 0.15) is 0 Å². The molecule has 0 aromatic rings. The number of nitrogens with zero attached hydrogens (tertiary/aromatic N) is 1. The van der Waals surface area contributed by atoms with Crippen molar-refractivity contribution in [1.29, 1.82) is 0 Å². The highest BCUT2D eigenvalue weighted by Crippen LogP contribution is 2.29. The van der Waals surface area contributed by atoms with Crippen LogP contribution in [0.15, 0.2) is 0 Å². The van der Waals surface area contributed by atoms with Crippen molar-refractivity contribution in [3.05, 3.63) is 0 Å². The molecule has 2 fully saturated rings. The average Bonchev–Trinajstić information content (AvgIpc) is 2.01. The molecule has 13 heavy (non-hydrogen) atoms. The number of rotatable bonds is 1. The molecule has 0 saturated carbocycles. The highest BCUT2D eigenvalue weighted by molar-refractivity contribution is 4.92. The molecule has 0 aliphatic carbocycles. The van der Waals surface area contributed by atoms with Gasteiger partial charge in [0, 0.05) is 18.1 Å². The number of hydrogen-bond donors (Lipinski definition) is 1. The van der Waals surface area contributed by atoms with Crippen molar-refractivity contribution >= 4 is 0 Å². The third kappa shape index (κ3) is 1.73. The molecule has 1 N–H and O–H groups in total. The molecule has 3 nitrogen and oxygen atoms in total. The first-order valence-corrected chi connectivity index (χ1v) is 5.21. The average molecular weight is 185 g/mol. The van der Waals surface area contributed by atoms with Crippen molar-refractivity contribution in [2.24, 2.45) is 0 Å². The molecular formula is C10H19NO2. The van der Waals surface area contributed by atoms with Crippen LogP contribution >= 0.6 is 0 Å². The van der Waals surface area contributed by atoms with Gasteiger partial charge in [-0.1, -0.05) is 0 Å². The Hall–Kier alpha value is -0.120. The molecule has 0 amide bonds. The Kier molecular flexibility index (Phi) is 2.58. The predicted octanol–water partition coefficient (Wildman–Crippen LogP) is 0.619. The first-order valence-electron chi connectivity index (χ1n) is 5.21. The summed E-state index contributed by atoms with van der Waals surface area (Å²) in [6, 6.07) is 1.47. The van der Waals surface area contributed by atoms with E-state index in [1.165, 1.54) is 0 Å². The van der Waals surface area contributed by atoms with E-state index in [9.17, 15) is 5.11 Å². The van der Waals surface area contributed by atoms with E-state index in [1.54, 1.807) is 0 Å². The summed E-state index contributed by atoms with van der Waals surface area (Å²) in [6.07, 6.45) is 1.66. The molecule has 0 radical (unpaired) electrons. The summed E-state index contributed by atoms with van der Waals surface area (Å²) < 4.78 is 5.51. The van der Waals surface area contributed by atoms with Gasteiger partial charge in [0.15, 0.2) is 0 Å². The van der Waals surface area contributed by atoms with Crippen LogP contribution in [0.1, 0.15) is 26.7 Å². The Labute approximate surface area is 79.7 Å². The smallest absolute Gasteiger partial charge is 0.0623 e. The SMILES string of the molecule is CC(C)N1C2COCC1CC(O)C2. The zero-order valence-electron chi connectivity index (χ0n) is 8.44. The number of ether oxygens (including phenoxy) is 1. The van der Waals surface area contributed by atoms with E-state index < -0.39 is 0 Å². The topological polar surface area (TPSA) is 32.7 Å². The van der Waals surface area contributed by atoms with E-state index in [2.05, 4.69) is 18.7 Å². The lowest BCUT2D eigenvalue weighted by Crippen LogP contribution is -2.60. The lowest BCUT2D eigenvalue weighted by Gasteiger charge is -2.49. The molecule has 2 saturated heterocycles. The van der Waals surface area contributed by atoms with Crippen LogP contribution in [0.2, 0.25) is 0 Å². The van der Waals surface area contributed by atoms with Gasteiger partial charge < -0.3 is 9.84 Å². The highest BCUT2D eigenvalue weighted by atomic mass is 16.5. The number of aliphatic hydroxyl groups is 1. The zero-order chi connectivity index (χ0) is 9.42. The lowest BCUT2D eigenvalue weighted by molar-refractivity contribution is -0.116. The first-order chi connectivity index (χ1) is 6.18. The molecule has 2 atom stereocenters. The molecule has 0 aromatic heterocycles. The molecule has 76 valence electrons. The van der Waals surface area contributed by atoms with Crippen molar-refractivity contribution in [2.45, 2.75) is 50.9 Å². The van der Waals surface area contributed by atoms with Crippen LogP contribution in [0.5, 0.6) is 0 Å². The van der Waals surface area contributed by atoms with Gasteiger partial charge >= 0.3 is 0 Å². The van der Waals surface area contributed by atoms with E-state index in [-0.39, 0.29) is 6.10 Å². The van der Waals surface area contributed by atoms with Gasteiger partial charge in [-0.2, -0.15) is 0 Å². The fraction of sp³-hybridized carbons (Fsp3) is 1.00. The standard InChI is InChI=1S/C10H19NO2/c1-7(2)11-8-3-10(12)4-9(11)6-13-5-8/h7-10,12H,3-6H2,1-2H3. The third-order valence-electron chi connectivity index (χ3n) is 3.15. The van der Waals surface area contributed by atoms with Crippen molar-refractivity contribution in [1.82, 2.24) is 4.90 Å². The van der Waals surface area contributed by atoms with Crippen LogP contribution in [0.25, 0.3) is 0 Å². The lowest BCUT2D eigenvalue weighted by atomic mass is 9.91. The monoisotopic (exact) mass is 185 g/mol. The molecule has 0 spiro atoms. The Morgan fingerprint density at radius 2 is 1.77 bits per heavy atom. The van der Waals surface area contributed by atoms with E-state index >= 15 is 0 Å². The van der Waals surface area contributed by atoms with Gasteiger partial charge in [-0.3, -0.25) is 4.90 Å². The largest absolute Gasteiger partial charge is 0.393 e. The van der Waals surface area contributed by atoms with E-state index in [1.807, 2.05) is 0 Å². The van der Waals surface area contributed by atoms with Gasteiger partial charge in [0.2, 0.25) is 0 Å². The summed E-state index contributed by atoms with van der Waals surface area (Å²) in [6.45, 7) is 6.05. The minimum atomic E-state index is -0.103. The second-order valence-electron chi connectivity index (χ2n) is 4.51. The maximum absolute atomic E-state index is 9.63. The van der Waals surface area contributed by atoms with E-state index in [0.29, 0.717) is 18.1 Å². The zero-order valence-corrected chi connectivity index (χ0v) is 8.44. The van der Waals surface area contributed by atoms with Gasteiger partial charge in [-0.15, -0.1) is 0 Å². The molecular weight excluding hydrogens is 166 g/mol. The maximum atomic E-state index is 9.63. The molecule has 3 heteroatoms. The van der Waals surface area contributed by atoms with Gasteiger partial charge in [-0.05, 0) is 26.7 Å². The Morgan fingerprint density at radius 1 is 1.23 bits per heavy atom. The number of hydrogen-bond acceptors (Lipinski definition) is 3. The Balaban J connectivity index is 2.10. The molecule has 0 aromatic carbocycles. The highest BCUT2D eigenvalue weighted by Gasteiger charge is 2.39. The number of morpholine rings is 1. The van der Waals surface area contributed by atoms with Crippen molar-refractivity contribution < 1.29 is 9.84 Å². The van der Waals surface area contributed by atoms with E-state index in [4.69, 9.17) is 4.74 Å². The minimum absolute atomic E-state index is 0.103. The van der Waals surface area contributed by atoms with Crippen molar-refractivity contribution in [3.8, 4) is 0 Å². The normalized spacial score (nSPS) is 41.1. The summed E-state index contributed by atoms with van der Waals surface area (Å²) in [5, 5.41) is 9.63. The number of aliphatic hydroxyl groups excluding tert-OH is 1. The summed E-state index contributed by atoms with van der Waals surface area (Å²) in [4.78, 5) is 2.51. The summed E-state index contributed by atoms with van der Waals surface area (Å²) in [5.41, 5.74) is 0. The molecule has 2 unspecified atom stereocenters. The van der Waals surface area contributed by atoms with Crippen molar-refractivity contribution in [2.75, 3.05) is 13.2 Å². The Bertz CT molecular complexity index is 170. The summed E-state index contributed by atoms with van der Waals surface area (Å²) in [7, 11) is 0. The first kappa shape index (κ1) is 9.44. The summed E-state index contributed by atoms with van der Waals surface area (Å²) in [5.74, 6) is 0. The molecule has 2 aliphatic heterocycles. The second kappa shape index (κ2) is 3.56. The second-order valence-corrected chi connectivity index (χ2v) is 4.51. The summed E-state index contributed by atoms with van der Waals surface area (Å²) >= 11 is 0. The van der Waals surface area contributed by atoms with Crippen LogP contribution in [0, 0.1) is 0 Å². The van der Waals surface area contributed by atoms with Crippen LogP contribution in [-0.2, 0) is 4.74 Å². The van der Waals surface area contributed by atoms with Gasteiger partial charge in [0.05, 0.1) is 19.3 Å². The number of piperidine rings is 1. The molecule has 2 heterocycles. The number of fused-ring (bicyclic) bond motifs is 2.